The highest BCUT2D eigenvalue weighted by atomic mass is 16.3. The number of aliphatic hydroxyl groups is 1. The van der Waals surface area contributed by atoms with E-state index in [1.807, 2.05) is 29.2 Å². The Morgan fingerprint density at radius 1 is 1.14 bits per heavy atom. The molecule has 1 aromatic carbocycles. The first-order chi connectivity index (χ1) is 17.5. The van der Waals surface area contributed by atoms with E-state index in [1.165, 1.54) is 12.8 Å². The predicted octanol–water partition coefficient (Wildman–Crippen LogP) is 3.46. The molecule has 0 bridgehead atoms. The summed E-state index contributed by atoms with van der Waals surface area (Å²) in [6.07, 6.45) is 6.23. The maximum absolute atomic E-state index is 12.5. The van der Waals surface area contributed by atoms with Crippen LogP contribution in [0.3, 0.4) is 0 Å². The summed E-state index contributed by atoms with van der Waals surface area (Å²) in [5.41, 5.74) is 4.00. The molecule has 0 aliphatic carbocycles. The number of amides is 1. The van der Waals surface area contributed by atoms with E-state index in [2.05, 4.69) is 52.8 Å². The average molecular weight is 488 g/mol. The number of fused-ring (bicyclic) bond motifs is 1. The number of aliphatic hydroxyl groups excluding tert-OH is 1. The van der Waals surface area contributed by atoms with E-state index in [9.17, 15) is 4.79 Å². The topological polar surface area (TPSA) is 101 Å². The molecule has 1 aliphatic heterocycles. The van der Waals surface area contributed by atoms with Gasteiger partial charge in [0, 0.05) is 48.7 Å². The Morgan fingerprint density at radius 3 is 2.61 bits per heavy atom. The van der Waals surface area contributed by atoms with Crippen LogP contribution in [0.2, 0.25) is 0 Å². The van der Waals surface area contributed by atoms with Crippen molar-refractivity contribution >= 4 is 22.8 Å². The van der Waals surface area contributed by atoms with Crippen molar-refractivity contribution in [3.05, 3.63) is 60.0 Å². The third-order valence-electron chi connectivity index (χ3n) is 6.97. The summed E-state index contributed by atoms with van der Waals surface area (Å²) in [6, 6.07) is 12.6. The number of aromatic nitrogens is 5. The van der Waals surface area contributed by atoms with E-state index in [-0.39, 0.29) is 19.1 Å². The summed E-state index contributed by atoms with van der Waals surface area (Å²) in [4.78, 5) is 24.6. The lowest BCUT2D eigenvalue weighted by Crippen LogP contribution is -2.33. The minimum absolute atomic E-state index is 0.102. The fraction of sp³-hybridized carbons (Fsp3) is 0.407. The molecule has 0 radical (unpaired) electrons. The van der Waals surface area contributed by atoms with Crippen LogP contribution in [0.15, 0.2) is 48.8 Å². The lowest BCUT2D eigenvalue weighted by Gasteiger charge is -2.27. The predicted molar refractivity (Wildman–Crippen MR) is 140 cm³/mol. The van der Waals surface area contributed by atoms with Gasteiger partial charge in [-0.25, -0.2) is 9.97 Å². The molecule has 0 spiro atoms. The number of nitrogens with zero attached hydrogens (tertiary/aromatic N) is 6. The molecular weight excluding hydrogens is 454 g/mol. The molecule has 36 heavy (non-hydrogen) atoms. The van der Waals surface area contributed by atoms with Crippen LogP contribution in [0.1, 0.15) is 49.7 Å². The number of carbonyl (C=O) groups is 1. The third-order valence-corrected chi connectivity index (χ3v) is 6.97. The normalized spacial score (nSPS) is 17.7. The second kappa shape index (κ2) is 10.1. The van der Waals surface area contributed by atoms with Gasteiger partial charge in [-0.05, 0) is 70.0 Å². The molecule has 4 aromatic rings. The number of aryl methyl sites for hydroxylation is 1. The summed E-state index contributed by atoms with van der Waals surface area (Å²) in [5.74, 6) is 1.54. The van der Waals surface area contributed by atoms with Crippen LogP contribution in [0.25, 0.3) is 22.4 Å². The molecule has 2 N–H and O–H groups in total. The van der Waals surface area contributed by atoms with Gasteiger partial charge in [0.15, 0.2) is 0 Å². The van der Waals surface area contributed by atoms with Gasteiger partial charge in [-0.1, -0.05) is 0 Å². The average Bonchev–Trinajstić information content (AvgIpc) is 3.60. The Labute approximate surface area is 210 Å². The zero-order valence-electron chi connectivity index (χ0n) is 21.1. The molecule has 0 unspecified atom stereocenters. The third kappa shape index (κ3) is 4.58. The standard InChI is InChI=1S/C27H33N7O2/c1-4-32-13-11-22(31-32)17-33-24-9-7-20(27(36)28-12-14-35)15-23(24)30-26(33)21-8-10-25(29-16-21)34-18(2)5-6-19(34)3/h7-11,13,15-16,18-19,35H,4-6,12,14,17H2,1-3H3,(H,28,36)/t18-,19-/m0/s1. The van der Waals surface area contributed by atoms with Crippen molar-refractivity contribution in [2.24, 2.45) is 0 Å². The van der Waals surface area contributed by atoms with Crippen LogP contribution in [0.4, 0.5) is 5.82 Å². The van der Waals surface area contributed by atoms with Gasteiger partial charge in [-0.3, -0.25) is 9.48 Å². The van der Waals surface area contributed by atoms with Crippen molar-refractivity contribution < 1.29 is 9.90 Å². The number of nitrogens with one attached hydrogen (secondary N) is 1. The molecule has 2 atom stereocenters. The largest absolute Gasteiger partial charge is 0.395 e. The molecule has 188 valence electrons. The first kappa shape index (κ1) is 24.0. The molecule has 4 heterocycles. The quantitative estimate of drug-likeness (QED) is 0.395. The number of benzene rings is 1. The molecule has 3 aromatic heterocycles. The maximum atomic E-state index is 12.5. The van der Waals surface area contributed by atoms with Crippen molar-refractivity contribution in [2.75, 3.05) is 18.1 Å². The highest BCUT2D eigenvalue weighted by Gasteiger charge is 2.28. The van der Waals surface area contributed by atoms with Crippen LogP contribution in [0.5, 0.6) is 0 Å². The number of hydrogen-bond acceptors (Lipinski definition) is 6. The van der Waals surface area contributed by atoms with E-state index < -0.39 is 0 Å². The second-order valence-corrected chi connectivity index (χ2v) is 9.46. The van der Waals surface area contributed by atoms with Crippen LogP contribution in [-0.2, 0) is 13.1 Å². The molecule has 9 nitrogen and oxygen atoms in total. The van der Waals surface area contributed by atoms with E-state index in [4.69, 9.17) is 15.1 Å². The van der Waals surface area contributed by atoms with Gasteiger partial charge in [0.25, 0.3) is 5.91 Å². The second-order valence-electron chi connectivity index (χ2n) is 9.46. The minimum atomic E-state index is -0.233. The van der Waals surface area contributed by atoms with Crippen LogP contribution in [0, 0.1) is 0 Å². The van der Waals surface area contributed by atoms with Crippen molar-refractivity contribution in [3.8, 4) is 11.4 Å². The lowest BCUT2D eigenvalue weighted by atomic mass is 10.2. The van der Waals surface area contributed by atoms with Crippen molar-refractivity contribution in [1.29, 1.82) is 0 Å². The van der Waals surface area contributed by atoms with Gasteiger partial charge in [-0.15, -0.1) is 0 Å². The van der Waals surface area contributed by atoms with Crippen molar-refractivity contribution in [2.45, 2.75) is 58.8 Å². The molecule has 1 fully saturated rings. The zero-order chi connectivity index (χ0) is 25.2. The smallest absolute Gasteiger partial charge is 0.251 e. The number of hydrogen-bond donors (Lipinski definition) is 2. The van der Waals surface area contributed by atoms with Gasteiger partial charge in [-0.2, -0.15) is 5.10 Å². The SMILES string of the molecule is CCn1ccc(Cn2c(-c3ccc(N4[C@@H](C)CC[C@@H]4C)nc3)nc3cc(C(=O)NCCO)ccc32)n1. The number of anilines is 1. The molecule has 0 saturated carbocycles. The molecule has 1 aliphatic rings. The zero-order valence-corrected chi connectivity index (χ0v) is 21.1. The van der Waals surface area contributed by atoms with Crippen LogP contribution >= 0.6 is 0 Å². The molecule has 1 amide bonds. The fourth-order valence-corrected chi connectivity index (χ4v) is 5.07. The number of carbonyl (C=O) groups excluding carboxylic acids is 1. The Balaban J connectivity index is 1.54. The summed E-state index contributed by atoms with van der Waals surface area (Å²) < 4.78 is 4.04. The van der Waals surface area contributed by atoms with Gasteiger partial charge >= 0.3 is 0 Å². The first-order valence-electron chi connectivity index (χ1n) is 12.6. The number of imidazole rings is 1. The maximum Gasteiger partial charge on any atom is 0.251 e. The van der Waals surface area contributed by atoms with E-state index >= 15 is 0 Å². The van der Waals surface area contributed by atoms with E-state index in [0.717, 1.165) is 40.5 Å². The van der Waals surface area contributed by atoms with Gasteiger partial charge < -0.3 is 19.9 Å². The highest BCUT2D eigenvalue weighted by molar-refractivity contribution is 5.97. The first-order valence-corrected chi connectivity index (χ1v) is 12.6. The van der Waals surface area contributed by atoms with Gasteiger partial charge in [0.05, 0.1) is 29.9 Å². The molecular formula is C27H33N7O2. The minimum Gasteiger partial charge on any atom is -0.395 e. The molecule has 1 saturated heterocycles. The summed E-state index contributed by atoms with van der Waals surface area (Å²) >= 11 is 0. The molecule has 9 heteroatoms. The Morgan fingerprint density at radius 2 is 1.94 bits per heavy atom. The highest BCUT2D eigenvalue weighted by Crippen LogP contribution is 2.31. The fourth-order valence-electron chi connectivity index (χ4n) is 5.07. The Hall–Kier alpha value is -3.72. The van der Waals surface area contributed by atoms with Crippen LogP contribution < -0.4 is 10.2 Å². The van der Waals surface area contributed by atoms with E-state index in [1.54, 1.807) is 12.1 Å². The number of pyridine rings is 1. The molecule has 5 rings (SSSR count). The van der Waals surface area contributed by atoms with Crippen LogP contribution in [-0.4, -0.2) is 60.6 Å². The van der Waals surface area contributed by atoms with Gasteiger partial charge in [0.2, 0.25) is 0 Å². The summed E-state index contributed by atoms with van der Waals surface area (Å²) in [6.45, 7) is 8.04. The Bertz CT molecular complexity index is 1350. The van der Waals surface area contributed by atoms with Gasteiger partial charge in [0.1, 0.15) is 11.6 Å². The van der Waals surface area contributed by atoms with Crippen molar-refractivity contribution in [3.63, 3.8) is 0 Å². The van der Waals surface area contributed by atoms with E-state index in [0.29, 0.717) is 24.2 Å². The number of rotatable bonds is 8. The lowest BCUT2D eigenvalue weighted by molar-refractivity contribution is 0.0945. The Kier molecular flexibility index (Phi) is 6.73. The van der Waals surface area contributed by atoms with Crippen molar-refractivity contribution in [1.82, 2.24) is 29.6 Å². The summed E-state index contributed by atoms with van der Waals surface area (Å²) in [7, 11) is 0. The monoisotopic (exact) mass is 487 g/mol. The summed E-state index contributed by atoms with van der Waals surface area (Å²) in [5, 5.41) is 16.4.